The second-order valence-corrected chi connectivity index (χ2v) is 5.64. The summed E-state index contributed by atoms with van der Waals surface area (Å²) in [6.07, 6.45) is 3.07. The molecule has 100 valence electrons. The van der Waals surface area contributed by atoms with Crippen molar-refractivity contribution in [2.45, 2.75) is 33.4 Å². The van der Waals surface area contributed by atoms with E-state index in [1.807, 2.05) is 20.9 Å². The van der Waals surface area contributed by atoms with Crippen LogP contribution in [0.2, 0.25) is 0 Å². The van der Waals surface area contributed by atoms with E-state index < -0.39 is 0 Å². The third-order valence-corrected chi connectivity index (χ3v) is 3.52. The molecule has 0 saturated carbocycles. The number of nitriles is 1. The van der Waals surface area contributed by atoms with Crippen LogP contribution >= 0.6 is 0 Å². The normalized spacial score (nSPS) is 11.7. The maximum atomic E-state index is 9.11. The maximum Gasteiger partial charge on any atom is 0.0684 e. The minimum Gasteiger partial charge on any atom is -0.347 e. The minimum absolute atomic E-state index is 0.269. The largest absolute Gasteiger partial charge is 0.347 e. The summed E-state index contributed by atoms with van der Waals surface area (Å²) >= 11 is 0. The van der Waals surface area contributed by atoms with Gasteiger partial charge in [-0.2, -0.15) is 5.26 Å². The van der Waals surface area contributed by atoms with Gasteiger partial charge in [-0.3, -0.25) is 0 Å². The topological polar surface area (TPSA) is 40.8 Å². The minimum atomic E-state index is -0.269. The molecule has 1 aromatic heterocycles. The first-order valence-electron chi connectivity index (χ1n) is 6.70. The molecule has 1 aromatic carbocycles. The van der Waals surface area contributed by atoms with Crippen LogP contribution < -0.4 is 5.32 Å². The van der Waals surface area contributed by atoms with Gasteiger partial charge in [0.05, 0.1) is 11.5 Å². The molecule has 0 aliphatic rings. The molecule has 0 bridgehead atoms. The predicted octanol–water partition coefficient (Wildman–Crippen LogP) is 3.30. The average Bonchev–Trinajstić information content (AvgIpc) is 2.76. The number of nitrogens with one attached hydrogen (secondary N) is 1. The van der Waals surface area contributed by atoms with Crippen molar-refractivity contribution in [3.05, 3.63) is 36.0 Å². The highest BCUT2D eigenvalue weighted by atomic mass is 15.0. The van der Waals surface area contributed by atoms with Crippen molar-refractivity contribution in [1.29, 1.82) is 5.26 Å². The van der Waals surface area contributed by atoms with E-state index in [0.29, 0.717) is 0 Å². The van der Waals surface area contributed by atoms with Gasteiger partial charge in [-0.25, -0.2) is 0 Å². The van der Waals surface area contributed by atoms with Crippen molar-refractivity contribution in [1.82, 2.24) is 9.88 Å². The lowest BCUT2D eigenvalue weighted by Gasteiger charge is -2.15. The average molecular weight is 255 g/mol. The molecule has 2 rings (SSSR count). The van der Waals surface area contributed by atoms with Crippen LogP contribution in [0, 0.1) is 16.7 Å². The maximum absolute atomic E-state index is 9.11. The highest BCUT2D eigenvalue weighted by Crippen LogP contribution is 2.25. The first-order valence-corrected chi connectivity index (χ1v) is 6.70. The lowest BCUT2D eigenvalue weighted by atomic mass is 9.91. The van der Waals surface area contributed by atoms with Gasteiger partial charge in [0, 0.05) is 30.2 Å². The molecule has 1 heterocycles. The molecule has 0 amide bonds. The van der Waals surface area contributed by atoms with Crippen LogP contribution in [-0.4, -0.2) is 11.6 Å². The van der Waals surface area contributed by atoms with Gasteiger partial charge in [-0.1, -0.05) is 18.2 Å². The Balaban J connectivity index is 2.31. The Labute approximate surface area is 114 Å². The quantitative estimate of drug-likeness (QED) is 0.890. The molecule has 3 nitrogen and oxygen atoms in total. The fraction of sp³-hybridized carbons (Fsp3) is 0.438. The van der Waals surface area contributed by atoms with E-state index >= 15 is 0 Å². The summed E-state index contributed by atoms with van der Waals surface area (Å²) in [4.78, 5) is 0. The monoisotopic (exact) mass is 255 g/mol. The second-order valence-electron chi connectivity index (χ2n) is 5.64. The van der Waals surface area contributed by atoms with Crippen LogP contribution in [0.4, 0.5) is 0 Å². The van der Waals surface area contributed by atoms with Crippen molar-refractivity contribution in [2.24, 2.45) is 5.41 Å². The van der Waals surface area contributed by atoms with E-state index in [9.17, 15) is 0 Å². The number of rotatable bonds is 5. The first-order chi connectivity index (χ1) is 9.07. The lowest BCUT2D eigenvalue weighted by molar-refractivity contribution is 0.417. The van der Waals surface area contributed by atoms with E-state index in [2.05, 4.69) is 46.4 Å². The summed E-state index contributed by atoms with van der Waals surface area (Å²) in [5.74, 6) is 0. The van der Waals surface area contributed by atoms with Gasteiger partial charge >= 0.3 is 0 Å². The van der Waals surface area contributed by atoms with E-state index in [1.54, 1.807) is 0 Å². The number of nitrogens with zero attached hydrogens (tertiary/aromatic N) is 2. The van der Waals surface area contributed by atoms with Crippen LogP contribution in [-0.2, 0) is 13.1 Å². The number of para-hydroxylation sites is 1. The summed E-state index contributed by atoms with van der Waals surface area (Å²) in [6.45, 7) is 5.74. The van der Waals surface area contributed by atoms with E-state index in [-0.39, 0.29) is 5.41 Å². The second kappa shape index (κ2) is 5.46. The van der Waals surface area contributed by atoms with Crippen molar-refractivity contribution in [3.8, 4) is 6.07 Å². The van der Waals surface area contributed by atoms with E-state index in [4.69, 9.17) is 5.26 Å². The summed E-state index contributed by atoms with van der Waals surface area (Å²) in [5.41, 5.74) is 2.29. The van der Waals surface area contributed by atoms with E-state index in [1.165, 1.54) is 16.5 Å². The SMILES string of the molecule is CNCc1cn(CCC(C)(C)C#N)c2ccccc12. The summed E-state index contributed by atoms with van der Waals surface area (Å²) < 4.78 is 2.26. The summed E-state index contributed by atoms with van der Waals surface area (Å²) in [6, 6.07) is 10.8. The fourth-order valence-corrected chi connectivity index (χ4v) is 2.30. The molecule has 0 spiro atoms. The van der Waals surface area contributed by atoms with Gasteiger partial charge in [0.15, 0.2) is 0 Å². The molecule has 3 heteroatoms. The molecule has 2 aromatic rings. The lowest BCUT2D eigenvalue weighted by Crippen LogP contribution is -2.12. The Morgan fingerprint density at radius 1 is 1.32 bits per heavy atom. The Morgan fingerprint density at radius 3 is 2.74 bits per heavy atom. The number of aromatic nitrogens is 1. The van der Waals surface area contributed by atoms with Gasteiger partial charge in [0.2, 0.25) is 0 Å². The molecule has 0 unspecified atom stereocenters. The van der Waals surface area contributed by atoms with Gasteiger partial charge in [0.1, 0.15) is 0 Å². The molecular weight excluding hydrogens is 234 g/mol. The molecule has 0 aliphatic carbocycles. The smallest absolute Gasteiger partial charge is 0.0684 e. The summed E-state index contributed by atoms with van der Waals surface area (Å²) in [7, 11) is 1.96. The Kier molecular flexibility index (Phi) is 3.92. The molecule has 1 N–H and O–H groups in total. The van der Waals surface area contributed by atoms with Crippen LogP contribution in [0.15, 0.2) is 30.5 Å². The zero-order valence-corrected chi connectivity index (χ0v) is 11.9. The number of hydrogen-bond donors (Lipinski definition) is 1. The number of fused-ring (bicyclic) bond motifs is 1. The van der Waals surface area contributed by atoms with Crippen LogP contribution in [0.5, 0.6) is 0 Å². The van der Waals surface area contributed by atoms with Crippen molar-refractivity contribution < 1.29 is 0 Å². The molecule has 0 atom stereocenters. The van der Waals surface area contributed by atoms with Crippen molar-refractivity contribution in [3.63, 3.8) is 0 Å². The summed E-state index contributed by atoms with van der Waals surface area (Å²) in [5, 5.41) is 13.6. The Bertz CT molecular complexity index is 602. The first kappa shape index (κ1) is 13.6. The van der Waals surface area contributed by atoms with E-state index in [0.717, 1.165) is 19.5 Å². The highest BCUT2D eigenvalue weighted by molar-refractivity contribution is 5.83. The Hall–Kier alpha value is -1.79. The van der Waals surface area contributed by atoms with Crippen LogP contribution in [0.3, 0.4) is 0 Å². The predicted molar refractivity (Wildman–Crippen MR) is 78.7 cm³/mol. The molecule has 0 fully saturated rings. The van der Waals surface area contributed by atoms with Gasteiger partial charge in [0.25, 0.3) is 0 Å². The molecule has 0 radical (unpaired) electrons. The number of hydrogen-bond acceptors (Lipinski definition) is 2. The fourth-order valence-electron chi connectivity index (χ4n) is 2.30. The van der Waals surface area contributed by atoms with Gasteiger partial charge < -0.3 is 9.88 Å². The number of benzene rings is 1. The van der Waals surface area contributed by atoms with Crippen molar-refractivity contribution in [2.75, 3.05) is 7.05 Å². The van der Waals surface area contributed by atoms with Crippen LogP contribution in [0.25, 0.3) is 10.9 Å². The third-order valence-electron chi connectivity index (χ3n) is 3.52. The van der Waals surface area contributed by atoms with Crippen LogP contribution in [0.1, 0.15) is 25.8 Å². The zero-order chi connectivity index (χ0) is 13.9. The van der Waals surface area contributed by atoms with Crippen molar-refractivity contribution >= 4 is 10.9 Å². The molecule has 0 saturated heterocycles. The molecular formula is C16H21N3. The zero-order valence-electron chi connectivity index (χ0n) is 11.9. The van der Waals surface area contributed by atoms with Gasteiger partial charge in [-0.05, 0) is 38.9 Å². The van der Waals surface area contributed by atoms with Gasteiger partial charge in [-0.15, -0.1) is 0 Å². The molecule has 19 heavy (non-hydrogen) atoms. The highest BCUT2D eigenvalue weighted by Gasteiger charge is 2.17. The standard InChI is InChI=1S/C16H21N3/c1-16(2,12-17)8-9-19-11-13(10-18-3)14-6-4-5-7-15(14)19/h4-7,11,18H,8-10H2,1-3H3. The third kappa shape index (κ3) is 2.97. The Morgan fingerprint density at radius 2 is 2.05 bits per heavy atom. The number of aryl methyl sites for hydroxylation is 1. The molecule has 0 aliphatic heterocycles.